The topological polar surface area (TPSA) is 47.0 Å². The maximum absolute atomic E-state index is 13.6. The average molecular weight is 279 g/mol. The van der Waals surface area contributed by atoms with Crippen LogP contribution in [0.4, 0.5) is 14.6 Å². The summed E-state index contributed by atoms with van der Waals surface area (Å²) in [5.74, 6) is -1.32. The van der Waals surface area contributed by atoms with Crippen LogP contribution in [0.15, 0.2) is 24.5 Å². The van der Waals surface area contributed by atoms with Gasteiger partial charge in [0.1, 0.15) is 12.1 Å². The van der Waals surface area contributed by atoms with Crippen LogP contribution in [0.25, 0.3) is 0 Å². The van der Waals surface area contributed by atoms with Crippen molar-refractivity contribution in [2.24, 2.45) is 0 Å². The number of ether oxygens (including phenoxy) is 1. The summed E-state index contributed by atoms with van der Waals surface area (Å²) in [5.41, 5.74) is 0.737. The maximum Gasteiger partial charge on any atom is 0.227 e. The third-order valence-corrected chi connectivity index (χ3v) is 2.77. The van der Waals surface area contributed by atoms with Crippen LogP contribution in [-0.4, -0.2) is 17.0 Å². The van der Waals surface area contributed by atoms with Gasteiger partial charge >= 0.3 is 0 Å². The van der Waals surface area contributed by atoms with E-state index >= 15 is 0 Å². The summed E-state index contributed by atoms with van der Waals surface area (Å²) in [6, 6.07) is 3.77. The van der Waals surface area contributed by atoms with Crippen LogP contribution >= 0.6 is 0 Å². The Kier molecular flexibility index (Phi) is 4.45. The Morgan fingerprint density at radius 2 is 2.05 bits per heavy atom. The van der Waals surface area contributed by atoms with E-state index in [4.69, 9.17) is 4.74 Å². The average Bonchev–Trinajstić information content (AvgIpc) is 2.46. The minimum Gasteiger partial charge on any atom is -0.435 e. The molecule has 0 bridgehead atoms. The highest BCUT2D eigenvalue weighted by Crippen LogP contribution is 2.30. The summed E-state index contributed by atoms with van der Waals surface area (Å²) in [6.07, 6.45) is 2.84. The molecular weight excluding hydrogens is 264 g/mol. The van der Waals surface area contributed by atoms with E-state index in [1.54, 1.807) is 7.05 Å². The minimum absolute atomic E-state index is 0.192. The molecule has 0 atom stereocenters. The number of hydrogen-bond acceptors (Lipinski definition) is 4. The van der Waals surface area contributed by atoms with E-state index < -0.39 is 11.6 Å². The van der Waals surface area contributed by atoms with E-state index in [1.165, 1.54) is 18.5 Å². The summed E-state index contributed by atoms with van der Waals surface area (Å²) < 4.78 is 32.2. The molecule has 0 saturated carbocycles. The zero-order valence-electron chi connectivity index (χ0n) is 11.3. The van der Waals surface area contributed by atoms with Crippen LogP contribution in [0.1, 0.15) is 18.9 Å². The normalized spacial score (nSPS) is 10.4. The lowest BCUT2D eigenvalue weighted by Crippen LogP contribution is -2.04. The number of halogens is 2. The first-order chi connectivity index (χ1) is 9.67. The fraction of sp³-hybridized carbons (Fsp3) is 0.286. The number of benzene rings is 1. The van der Waals surface area contributed by atoms with Gasteiger partial charge in [0, 0.05) is 7.05 Å². The molecule has 1 heterocycles. The van der Waals surface area contributed by atoms with Crippen molar-refractivity contribution in [3.63, 3.8) is 0 Å². The molecule has 0 fully saturated rings. The quantitative estimate of drug-likeness (QED) is 0.909. The Balaban J connectivity index is 2.40. The summed E-state index contributed by atoms with van der Waals surface area (Å²) in [6.45, 7) is 2.00. The molecule has 0 unspecified atom stereocenters. The molecule has 0 aliphatic rings. The van der Waals surface area contributed by atoms with Crippen LogP contribution in [0, 0.1) is 11.6 Å². The lowest BCUT2D eigenvalue weighted by Gasteiger charge is -2.13. The molecule has 2 rings (SSSR count). The highest BCUT2D eigenvalue weighted by molar-refractivity contribution is 5.49. The first-order valence-electron chi connectivity index (χ1n) is 6.30. The molecule has 0 amide bonds. The molecule has 0 saturated heterocycles. The molecule has 4 nitrogen and oxygen atoms in total. The van der Waals surface area contributed by atoms with E-state index in [-0.39, 0.29) is 11.6 Å². The van der Waals surface area contributed by atoms with Crippen LogP contribution < -0.4 is 10.1 Å². The SMILES string of the molecule is CCCc1c(NC)ncnc1Oc1cccc(F)c1F. The van der Waals surface area contributed by atoms with Crippen LogP contribution in [0.5, 0.6) is 11.6 Å². The lowest BCUT2D eigenvalue weighted by molar-refractivity contribution is 0.401. The fourth-order valence-electron chi connectivity index (χ4n) is 1.84. The van der Waals surface area contributed by atoms with Gasteiger partial charge in [-0.05, 0) is 18.6 Å². The molecule has 0 aliphatic heterocycles. The fourth-order valence-corrected chi connectivity index (χ4v) is 1.84. The number of anilines is 1. The van der Waals surface area contributed by atoms with E-state index in [9.17, 15) is 8.78 Å². The van der Waals surface area contributed by atoms with Gasteiger partial charge in [-0.1, -0.05) is 19.4 Å². The van der Waals surface area contributed by atoms with Gasteiger partial charge < -0.3 is 10.1 Å². The second-order valence-electron chi connectivity index (χ2n) is 4.16. The molecule has 0 spiro atoms. The van der Waals surface area contributed by atoms with Crippen molar-refractivity contribution in [1.29, 1.82) is 0 Å². The standard InChI is InChI=1S/C14H15F2N3O/c1-3-5-9-13(17-2)18-8-19-14(9)20-11-7-4-6-10(15)12(11)16/h4,6-8H,3,5H2,1-2H3,(H,17,18,19). The molecule has 6 heteroatoms. The summed E-state index contributed by atoms with van der Waals surface area (Å²) in [4.78, 5) is 8.10. The largest absolute Gasteiger partial charge is 0.435 e. The summed E-state index contributed by atoms with van der Waals surface area (Å²) in [7, 11) is 1.73. The van der Waals surface area contributed by atoms with Crippen molar-refractivity contribution in [3.05, 3.63) is 41.7 Å². The van der Waals surface area contributed by atoms with Crippen molar-refractivity contribution in [2.45, 2.75) is 19.8 Å². The van der Waals surface area contributed by atoms with Crippen LogP contribution in [-0.2, 0) is 6.42 Å². The van der Waals surface area contributed by atoms with E-state index in [1.807, 2.05) is 6.92 Å². The van der Waals surface area contributed by atoms with E-state index in [2.05, 4.69) is 15.3 Å². The first kappa shape index (κ1) is 14.2. The maximum atomic E-state index is 13.6. The van der Waals surface area contributed by atoms with Gasteiger partial charge in [-0.3, -0.25) is 0 Å². The number of aromatic nitrogens is 2. The molecule has 0 aliphatic carbocycles. The molecule has 1 aromatic heterocycles. The van der Waals surface area contributed by atoms with Gasteiger partial charge in [0.2, 0.25) is 11.7 Å². The Labute approximate surface area is 115 Å². The highest BCUT2D eigenvalue weighted by atomic mass is 19.2. The molecule has 0 radical (unpaired) electrons. The van der Waals surface area contributed by atoms with Crippen molar-refractivity contribution in [2.75, 3.05) is 12.4 Å². The molecule has 1 N–H and O–H groups in total. The van der Waals surface area contributed by atoms with Gasteiger partial charge in [-0.2, -0.15) is 4.39 Å². The zero-order chi connectivity index (χ0) is 14.5. The molecule has 20 heavy (non-hydrogen) atoms. The van der Waals surface area contributed by atoms with Gasteiger partial charge in [-0.25, -0.2) is 14.4 Å². The van der Waals surface area contributed by atoms with Crippen molar-refractivity contribution < 1.29 is 13.5 Å². The molecular formula is C14H15F2N3O. The van der Waals surface area contributed by atoms with Crippen molar-refractivity contribution >= 4 is 5.82 Å². The second-order valence-corrected chi connectivity index (χ2v) is 4.16. The summed E-state index contributed by atoms with van der Waals surface area (Å²) >= 11 is 0. The van der Waals surface area contributed by atoms with Crippen molar-refractivity contribution in [1.82, 2.24) is 9.97 Å². The molecule has 106 valence electrons. The van der Waals surface area contributed by atoms with Crippen molar-refractivity contribution in [3.8, 4) is 11.6 Å². The Morgan fingerprint density at radius 3 is 2.75 bits per heavy atom. The van der Waals surface area contributed by atoms with Crippen LogP contribution in [0.2, 0.25) is 0 Å². The van der Waals surface area contributed by atoms with Gasteiger partial charge in [-0.15, -0.1) is 0 Å². The van der Waals surface area contributed by atoms with Crippen LogP contribution in [0.3, 0.4) is 0 Å². The van der Waals surface area contributed by atoms with E-state index in [0.29, 0.717) is 12.2 Å². The van der Waals surface area contributed by atoms with Gasteiger partial charge in [0.25, 0.3) is 0 Å². The molecule has 1 aromatic carbocycles. The number of rotatable bonds is 5. The number of nitrogens with one attached hydrogen (secondary N) is 1. The number of nitrogens with zero attached hydrogens (tertiary/aromatic N) is 2. The predicted octanol–water partition coefficient (Wildman–Crippen LogP) is 3.54. The Hall–Kier alpha value is -2.24. The predicted molar refractivity (Wildman–Crippen MR) is 72.0 cm³/mol. The first-order valence-corrected chi connectivity index (χ1v) is 6.30. The third kappa shape index (κ3) is 2.84. The van der Waals surface area contributed by atoms with Gasteiger partial charge in [0.05, 0.1) is 5.56 Å². The monoisotopic (exact) mass is 279 g/mol. The third-order valence-electron chi connectivity index (χ3n) is 2.77. The number of hydrogen-bond donors (Lipinski definition) is 1. The van der Waals surface area contributed by atoms with E-state index in [0.717, 1.165) is 18.1 Å². The highest BCUT2D eigenvalue weighted by Gasteiger charge is 2.15. The lowest BCUT2D eigenvalue weighted by atomic mass is 10.1. The Morgan fingerprint density at radius 1 is 1.25 bits per heavy atom. The molecule has 2 aromatic rings. The Bertz CT molecular complexity index is 605. The second kappa shape index (κ2) is 6.27. The minimum atomic E-state index is -1.03. The zero-order valence-corrected chi connectivity index (χ0v) is 11.3. The van der Waals surface area contributed by atoms with Gasteiger partial charge in [0.15, 0.2) is 11.6 Å². The summed E-state index contributed by atoms with van der Waals surface area (Å²) in [5, 5.41) is 2.93. The smallest absolute Gasteiger partial charge is 0.227 e.